The van der Waals surface area contributed by atoms with Gasteiger partial charge in [0.15, 0.2) is 0 Å². The summed E-state index contributed by atoms with van der Waals surface area (Å²) in [6.07, 6.45) is 2.84. The number of aryl methyl sites for hydroxylation is 2. The number of anilines is 1. The minimum absolute atomic E-state index is 0.000729. The van der Waals surface area contributed by atoms with Crippen molar-refractivity contribution in [1.82, 2.24) is 20.4 Å². The summed E-state index contributed by atoms with van der Waals surface area (Å²) in [5.41, 5.74) is 1.30. The first kappa shape index (κ1) is 15.7. The van der Waals surface area contributed by atoms with Crippen molar-refractivity contribution in [2.24, 2.45) is 5.92 Å². The molecule has 1 aliphatic heterocycles. The number of amides is 1. The number of piperidine rings is 1. The Balaban J connectivity index is 1.87. The van der Waals surface area contributed by atoms with Gasteiger partial charge in [0.1, 0.15) is 17.0 Å². The molecule has 1 N–H and O–H groups in total. The highest BCUT2D eigenvalue weighted by atomic mass is 16.5. The second kappa shape index (κ2) is 6.52. The maximum Gasteiger partial charge on any atom is 0.263 e. The first-order chi connectivity index (χ1) is 11.1. The van der Waals surface area contributed by atoms with Gasteiger partial charge in [0.05, 0.1) is 11.6 Å². The van der Waals surface area contributed by atoms with E-state index in [2.05, 4.69) is 32.3 Å². The van der Waals surface area contributed by atoms with E-state index in [4.69, 9.17) is 4.52 Å². The summed E-state index contributed by atoms with van der Waals surface area (Å²) in [7, 11) is 0. The zero-order valence-electron chi connectivity index (χ0n) is 13.9. The van der Waals surface area contributed by atoms with Crippen molar-refractivity contribution < 1.29 is 9.32 Å². The molecule has 0 spiro atoms. The Morgan fingerprint density at radius 3 is 3.00 bits per heavy atom. The predicted molar refractivity (Wildman–Crippen MR) is 87.3 cm³/mol. The van der Waals surface area contributed by atoms with E-state index >= 15 is 0 Å². The standard InChI is InChI=1S/C16H23N5O2/c1-4-7-17-15(22)12-6-5-8-21(9-12)14-13-10(2)20-23-16(13)19-11(3)18-14/h12H,4-9H2,1-3H3,(H,17,22)/t12-/m1/s1. The van der Waals surface area contributed by atoms with E-state index in [-0.39, 0.29) is 11.8 Å². The molecule has 1 aliphatic rings. The summed E-state index contributed by atoms with van der Waals surface area (Å²) in [6, 6.07) is 0. The van der Waals surface area contributed by atoms with E-state index < -0.39 is 0 Å². The highest BCUT2D eigenvalue weighted by Gasteiger charge is 2.28. The quantitative estimate of drug-likeness (QED) is 0.928. The van der Waals surface area contributed by atoms with Crippen molar-refractivity contribution in [2.45, 2.75) is 40.0 Å². The monoisotopic (exact) mass is 317 g/mol. The third kappa shape index (κ3) is 3.13. The third-order valence-electron chi connectivity index (χ3n) is 4.24. The fourth-order valence-electron chi connectivity index (χ4n) is 3.08. The topological polar surface area (TPSA) is 84.2 Å². The fraction of sp³-hybridized carbons (Fsp3) is 0.625. The van der Waals surface area contributed by atoms with Gasteiger partial charge in [-0.25, -0.2) is 4.98 Å². The predicted octanol–water partition coefficient (Wildman–Crippen LogP) is 1.98. The SMILES string of the molecule is CCCNC(=O)[C@@H]1CCCN(c2nc(C)nc3onc(C)c23)C1. The molecule has 1 saturated heterocycles. The molecule has 0 saturated carbocycles. The van der Waals surface area contributed by atoms with Crippen molar-refractivity contribution >= 4 is 22.8 Å². The van der Waals surface area contributed by atoms with Gasteiger partial charge >= 0.3 is 0 Å². The van der Waals surface area contributed by atoms with Crippen LogP contribution in [0, 0.1) is 19.8 Å². The Morgan fingerprint density at radius 2 is 2.22 bits per heavy atom. The van der Waals surface area contributed by atoms with Crippen LogP contribution in [0.3, 0.4) is 0 Å². The van der Waals surface area contributed by atoms with Gasteiger partial charge in [-0.15, -0.1) is 0 Å². The van der Waals surface area contributed by atoms with E-state index in [9.17, 15) is 4.79 Å². The van der Waals surface area contributed by atoms with Crippen LogP contribution in [0.15, 0.2) is 4.52 Å². The smallest absolute Gasteiger partial charge is 0.263 e. The molecule has 2 aromatic rings. The van der Waals surface area contributed by atoms with Gasteiger partial charge in [0.25, 0.3) is 5.71 Å². The lowest BCUT2D eigenvalue weighted by Crippen LogP contribution is -2.43. The zero-order chi connectivity index (χ0) is 16.4. The molecule has 1 amide bonds. The Hall–Kier alpha value is -2.18. The molecule has 2 aromatic heterocycles. The summed E-state index contributed by atoms with van der Waals surface area (Å²) in [5.74, 6) is 1.63. The molecule has 3 heterocycles. The third-order valence-corrected chi connectivity index (χ3v) is 4.24. The molecule has 7 heteroatoms. The number of carbonyl (C=O) groups excluding carboxylic acids is 1. The molecular weight excluding hydrogens is 294 g/mol. The van der Waals surface area contributed by atoms with E-state index in [1.54, 1.807) is 0 Å². The first-order valence-electron chi connectivity index (χ1n) is 8.23. The zero-order valence-corrected chi connectivity index (χ0v) is 13.9. The minimum Gasteiger partial charge on any atom is -0.356 e. The minimum atomic E-state index is 0.000729. The van der Waals surface area contributed by atoms with Crippen LogP contribution in [0.4, 0.5) is 5.82 Å². The van der Waals surface area contributed by atoms with Gasteiger partial charge in [-0.1, -0.05) is 12.1 Å². The summed E-state index contributed by atoms with van der Waals surface area (Å²) >= 11 is 0. The number of carbonyl (C=O) groups is 1. The van der Waals surface area contributed by atoms with Gasteiger partial charge in [-0.05, 0) is 33.1 Å². The molecule has 1 fully saturated rings. The highest BCUT2D eigenvalue weighted by Crippen LogP contribution is 2.30. The van der Waals surface area contributed by atoms with E-state index in [1.807, 2.05) is 13.8 Å². The van der Waals surface area contributed by atoms with Gasteiger partial charge in [-0.2, -0.15) is 4.98 Å². The van der Waals surface area contributed by atoms with Gasteiger partial charge in [0.2, 0.25) is 5.91 Å². The van der Waals surface area contributed by atoms with Crippen molar-refractivity contribution in [3.8, 4) is 0 Å². The Kier molecular flexibility index (Phi) is 4.45. The number of hydrogen-bond donors (Lipinski definition) is 1. The lowest BCUT2D eigenvalue weighted by Gasteiger charge is -2.33. The first-order valence-corrected chi connectivity index (χ1v) is 8.23. The number of hydrogen-bond acceptors (Lipinski definition) is 6. The molecule has 7 nitrogen and oxygen atoms in total. The number of fused-ring (bicyclic) bond motifs is 1. The van der Waals surface area contributed by atoms with Crippen molar-refractivity contribution in [2.75, 3.05) is 24.5 Å². The van der Waals surface area contributed by atoms with Crippen LogP contribution in [0.5, 0.6) is 0 Å². The highest BCUT2D eigenvalue weighted by molar-refractivity contribution is 5.88. The summed E-state index contributed by atoms with van der Waals surface area (Å²) in [5, 5.41) is 7.86. The van der Waals surface area contributed by atoms with E-state index in [0.29, 0.717) is 18.1 Å². The van der Waals surface area contributed by atoms with Gasteiger partial charge in [0, 0.05) is 19.6 Å². The molecule has 3 rings (SSSR count). The maximum atomic E-state index is 12.3. The summed E-state index contributed by atoms with van der Waals surface area (Å²) in [4.78, 5) is 23.3. The second-order valence-corrected chi connectivity index (χ2v) is 6.12. The van der Waals surface area contributed by atoms with Gasteiger partial charge in [-0.3, -0.25) is 4.79 Å². The Morgan fingerprint density at radius 1 is 1.39 bits per heavy atom. The van der Waals surface area contributed by atoms with Crippen LogP contribution >= 0.6 is 0 Å². The molecular formula is C16H23N5O2. The van der Waals surface area contributed by atoms with Crippen molar-refractivity contribution in [1.29, 1.82) is 0 Å². The van der Waals surface area contributed by atoms with Crippen LogP contribution in [0.2, 0.25) is 0 Å². The molecule has 0 unspecified atom stereocenters. The maximum absolute atomic E-state index is 12.3. The lowest BCUT2D eigenvalue weighted by molar-refractivity contribution is -0.125. The molecule has 124 valence electrons. The van der Waals surface area contributed by atoms with E-state index in [0.717, 1.165) is 49.2 Å². The molecule has 23 heavy (non-hydrogen) atoms. The second-order valence-electron chi connectivity index (χ2n) is 6.12. The number of nitrogens with zero attached hydrogens (tertiary/aromatic N) is 4. The largest absolute Gasteiger partial charge is 0.356 e. The average Bonchev–Trinajstić information content (AvgIpc) is 2.93. The van der Waals surface area contributed by atoms with Crippen LogP contribution in [0.25, 0.3) is 11.1 Å². The molecule has 0 aliphatic carbocycles. The summed E-state index contributed by atoms with van der Waals surface area (Å²) in [6.45, 7) is 8.08. The van der Waals surface area contributed by atoms with Crippen LogP contribution < -0.4 is 10.2 Å². The van der Waals surface area contributed by atoms with Crippen molar-refractivity contribution in [3.05, 3.63) is 11.5 Å². The van der Waals surface area contributed by atoms with Crippen LogP contribution in [0.1, 0.15) is 37.7 Å². The Labute approximate surface area is 135 Å². The average molecular weight is 317 g/mol. The fourth-order valence-corrected chi connectivity index (χ4v) is 3.08. The molecule has 1 atom stereocenters. The Bertz CT molecular complexity index is 712. The lowest BCUT2D eigenvalue weighted by atomic mass is 9.97. The number of aromatic nitrogens is 3. The molecule has 0 aromatic carbocycles. The van der Waals surface area contributed by atoms with Gasteiger partial charge < -0.3 is 14.7 Å². The van der Waals surface area contributed by atoms with E-state index in [1.165, 1.54) is 0 Å². The normalized spacial score (nSPS) is 18.4. The van der Waals surface area contributed by atoms with Crippen LogP contribution in [-0.2, 0) is 4.79 Å². The number of rotatable bonds is 4. The molecule has 0 bridgehead atoms. The molecule has 0 radical (unpaired) electrons. The number of nitrogens with one attached hydrogen (secondary N) is 1. The summed E-state index contributed by atoms with van der Waals surface area (Å²) < 4.78 is 5.28. The van der Waals surface area contributed by atoms with Crippen LogP contribution in [-0.4, -0.2) is 40.7 Å². The van der Waals surface area contributed by atoms with Crippen molar-refractivity contribution in [3.63, 3.8) is 0 Å².